The number of carbonyl (C=O) groups is 2. The van der Waals surface area contributed by atoms with Gasteiger partial charge in [-0.15, -0.1) is 0 Å². The molecule has 4 rings (SSSR count). The van der Waals surface area contributed by atoms with Crippen molar-refractivity contribution >= 4 is 35.0 Å². The summed E-state index contributed by atoms with van der Waals surface area (Å²) in [6.45, 7) is 5.15. The number of carbonyl (C=O) groups excluding carboxylic acids is 2. The Morgan fingerprint density at radius 1 is 1.05 bits per heavy atom. The van der Waals surface area contributed by atoms with E-state index < -0.39 is 5.54 Å². The maximum absolute atomic E-state index is 13.9. The number of pyridine rings is 1. The van der Waals surface area contributed by atoms with Crippen LogP contribution in [0.2, 0.25) is 10.0 Å². The number of halogens is 2. The highest BCUT2D eigenvalue weighted by Crippen LogP contribution is 2.40. The number of amides is 2. The molecule has 9 heteroatoms. The van der Waals surface area contributed by atoms with Crippen molar-refractivity contribution in [2.75, 3.05) is 60.4 Å². The molecule has 1 atom stereocenters. The Kier molecular flexibility index (Phi) is 9.92. The van der Waals surface area contributed by atoms with E-state index in [0.29, 0.717) is 22.2 Å². The van der Waals surface area contributed by atoms with E-state index in [1.165, 1.54) is 6.42 Å². The summed E-state index contributed by atoms with van der Waals surface area (Å²) in [5.74, 6) is 0.226. The smallest absolute Gasteiger partial charge is 0.283 e. The molecular weight excluding hydrogens is 533 g/mol. The van der Waals surface area contributed by atoms with Crippen molar-refractivity contribution < 1.29 is 14.1 Å². The highest BCUT2D eigenvalue weighted by molar-refractivity contribution is 6.42. The van der Waals surface area contributed by atoms with Crippen LogP contribution in [-0.2, 0) is 4.79 Å². The lowest BCUT2D eigenvalue weighted by molar-refractivity contribution is -0.972. The number of piperidine rings is 2. The van der Waals surface area contributed by atoms with Gasteiger partial charge in [-0.05, 0) is 49.1 Å². The predicted molar refractivity (Wildman–Crippen MR) is 157 cm³/mol. The minimum absolute atomic E-state index is 0.0375. The van der Waals surface area contributed by atoms with E-state index in [9.17, 15) is 9.59 Å². The van der Waals surface area contributed by atoms with E-state index in [1.54, 1.807) is 34.3 Å². The molecule has 1 aromatic heterocycles. The van der Waals surface area contributed by atoms with Gasteiger partial charge in [0.1, 0.15) is 0 Å². The van der Waals surface area contributed by atoms with Crippen molar-refractivity contribution in [3.63, 3.8) is 0 Å². The number of hydrogen-bond acceptors (Lipinski definition) is 4. The Morgan fingerprint density at radius 2 is 1.77 bits per heavy atom. The second-order valence-corrected chi connectivity index (χ2v) is 12.3. The van der Waals surface area contributed by atoms with Crippen LogP contribution in [0.5, 0.6) is 0 Å². The van der Waals surface area contributed by atoms with Gasteiger partial charge in [0.05, 0.1) is 35.2 Å². The van der Waals surface area contributed by atoms with E-state index in [0.717, 1.165) is 74.9 Å². The lowest BCUT2D eigenvalue weighted by Crippen LogP contribution is -2.74. The van der Waals surface area contributed by atoms with Crippen LogP contribution in [0, 0.1) is 0 Å². The number of rotatable bonds is 9. The number of benzene rings is 1. The van der Waals surface area contributed by atoms with Gasteiger partial charge < -0.3 is 19.6 Å². The molecule has 2 saturated heterocycles. The topological polar surface area (TPSA) is 65.5 Å². The molecule has 1 N–H and O–H groups in total. The standard InChI is InChI=1S/C30H42Cl2N5O2/c1-35(2)29(39)30(12-15-33-16-13-30)37(17-5-4-6-18-37)19-11-25(23-9-10-26(31)27(32)20-23)22-36(3)28(38)24-8-7-14-34-21-24/h7-10,14,20-21,25,33H,4-6,11-13,15-19,22H2,1-3H3/q+1. The van der Waals surface area contributed by atoms with Crippen LogP contribution in [0.15, 0.2) is 42.7 Å². The largest absolute Gasteiger partial charge is 0.343 e. The van der Waals surface area contributed by atoms with Gasteiger partial charge >= 0.3 is 0 Å². The highest BCUT2D eigenvalue weighted by Gasteiger charge is 2.57. The van der Waals surface area contributed by atoms with Gasteiger partial charge in [0.2, 0.25) is 0 Å². The average Bonchev–Trinajstić information content (AvgIpc) is 2.97. The molecule has 39 heavy (non-hydrogen) atoms. The maximum Gasteiger partial charge on any atom is 0.283 e. The van der Waals surface area contributed by atoms with Gasteiger partial charge in [0.25, 0.3) is 11.8 Å². The van der Waals surface area contributed by atoms with Crippen molar-refractivity contribution in [2.24, 2.45) is 0 Å². The number of nitrogens with one attached hydrogen (secondary N) is 1. The van der Waals surface area contributed by atoms with Crippen molar-refractivity contribution in [1.29, 1.82) is 0 Å². The first-order valence-corrected chi connectivity index (χ1v) is 14.8. The molecule has 2 aliphatic heterocycles. The Balaban J connectivity index is 1.65. The number of aromatic nitrogens is 1. The van der Waals surface area contributed by atoms with E-state index in [2.05, 4.69) is 10.3 Å². The minimum atomic E-state index is -0.422. The predicted octanol–water partition coefficient (Wildman–Crippen LogP) is 4.85. The number of likely N-dealkylation sites (tertiary alicyclic amines) is 1. The lowest BCUT2D eigenvalue weighted by atomic mass is 9.79. The molecule has 1 unspecified atom stereocenters. The van der Waals surface area contributed by atoms with E-state index in [-0.39, 0.29) is 17.7 Å². The second kappa shape index (κ2) is 13.0. The van der Waals surface area contributed by atoms with Crippen LogP contribution >= 0.6 is 23.2 Å². The SMILES string of the molecule is CN(C)C(=O)C1([N+]2(CCC(CN(C)C(=O)c3cccnc3)c3ccc(Cl)c(Cl)c3)CCCCC2)CCNCC1. The van der Waals surface area contributed by atoms with E-state index in [4.69, 9.17) is 23.2 Å². The Bertz CT molecular complexity index is 1130. The highest BCUT2D eigenvalue weighted by atomic mass is 35.5. The van der Waals surface area contributed by atoms with Gasteiger partial charge in [0.15, 0.2) is 5.54 Å². The minimum Gasteiger partial charge on any atom is -0.343 e. The number of likely N-dealkylation sites (N-methyl/N-ethyl adjacent to an activating group) is 2. The molecule has 2 fully saturated rings. The molecule has 212 valence electrons. The zero-order valence-electron chi connectivity index (χ0n) is 23.5. The van der Waals surface area contributed by atoms with Crippen molar-refractivity contribution in [2.45, 2.75) is 50.0 Å². The summed E-state index contributed by atoms with van der Waals surface area (Å²) in [5.41, 5.74) is 1.20. The van der Waals surface area contributed by atoms with Crippen molar-refractivity contribution in [3.05, 3.63) is 63.9 Å². The van der Waals surface area contributed by atoms with E-state index in [1.807, 2.05) is 39.3 Å². The molecule has 1 aromatic carbocycles. The van der Waals surface area contributed by atoms with Gasteiger partial charge in [-0.1, -0.05) is 29.3 Å². The first-order chi connectivity index (χ1) is 18.7. The summed E-state index contributed by atoms with van der Waals surface area (Å²) in [6.07, 6.45) is 9.28. The van der Waals surface area contributed by atoms with Crippen LogP contribution in [0.25, 0.3) is 0 Å². The average molecular weight is 576 g/mol. The fraction of sp³-hybridized carbons (Fsp3) is 0.567. The normalized spacial score (nSPS) is 19.2. The Hall–Kier alpha value is -2.19. The van der Waals surface area contributed by atoms with E-state index >= 15 is 0 Å². The summed E-state index contributed by atoms with van der Waals surface area (Å²) in [6, 6.07) is 9.36. The summed E-state index contributed by atoms with van der Waals surface area (Å²) in [4.78, 5) is 34.9. The monoisotopic (exact) mass is 574 g/mol. The number of hydrogen-bond donors (Lipinski definition) is 1. The second-order valence-electron chi connectivity index (χ2n) is 11.4. The van der Waals surface area contributed by atoms with Crippen LogP contribution < -0.4 is 5.32 Å². The zero-order chi connectivity index (χ0) is 28.0. The summed E-state index contributed by atoms with van der Waals surface area (Å²) < 4.78 is 0.823. The summed E-state index contributed by atoms with van der Waals surface area (Å²) in [7, 11) is 5.63. The maximum atomic E-state index is 13.9. The van der Waals surface area contributed by atoms with Crippen LogP contribution in [0.4, 0.5) is 0 Å². The van der Waals surface area contributed by atoms with Gasteiger partial charge in [-0.2, -0.15) is 0 Å². The molecule has 0 saturated carbocycles. The van der Waals surface area contributed by atoms with Crippen LogP contribution in [0.1, 0.15) is 60.4 Å². The molecule has 2 aliphatic rings. The van der Waals surface area contributed by atoms with Gasteiger partial charge in [0, 0.05) is 78.4 Å². The van der Waals surface area contributed by atoms with Gasteiger partial charge in [-0.3, -0.25) is 14.6 Å². The first kappa shape index (κ1) is 29.8. The Morgan fingerprint density at radius 3 is 2.38 bits per heavy atom. The van der Waals surface area contributed by atoms with Gasteiger partial charge in [-0.25, -0.2) is 0 Å². The third-order valence-electron chi connectivity index (χ3n) is 8.89. The molecule has 7 nitrogen and oxygen atoms in total. The number of quaternary nitrogens is 1. The molecule has 2 aromatic rings. The molecule has 0 bridgehead atoms. The molecular formula is C30H42Cl2N5O2+. The fourth-order valence-electron chi connectivity index (χ4n) is 6.79. The van der Waals surface area contributed by atoms with Crippen molar-refractivity contribution in [3.8, 4) is 0 Å². The lowest BCUT2D eigenvalue weighted by Gasteiger charge is -2.56. The third kappa shape index (κ3) is 6.43. The molecule has 3 heterocycles. The fourth-order valence-corrected chi connectivity index (χ4v) is 7.09. The summed E-state index contributed by atoms with van der Waals surface area (Å²) in [5, 5.41) is 4.52. The van der Waals surface area contributed by atoms with Crippen LogP contribution in [0.3, 0.4) is 0 Å². The van der Waals surface area contributed by atoms with Crippen molar-refractivity contribution in [1.82, 2.24) is 20.1 Å². The molecule has 2 amide bonds. The first-order valence-electron chi connectivity index (χ1n) is 14.1. The number of nitrogens with zero attached hydrogens (tertiary/aromatic N) is 4. The quantitative estimate of drug-likeness (QED) is 0.435. The third-order valence-corrected chi connectivity index (χ3v) is 9.62. The molecule has 0 radical (unpaired) electrons. The molecule has 0 spiro atoms. The van der Waals surface area contributed by atoms with Crippen LogP contribution in [-0.4, -0.2) is 97.0 Å². The zero-order valence-corrected chi connectivity index (χ0v) is 25.0. The molecule has 0 aliphatic carbocycles. The summed E-state index contributed by atoms with van der Waals surface area (Å²) >= 11 is 12.7. The Labute approximate surface area is 243 Å².